The molecule has 3 aromatic rings. The number of carbonyl (C=O) groups excluding carboxylic acids is 1. The van der Waals surface area contributed by atoms with Gasteiger partial charge in [-0.25, -0.2) is 4.99 Å². The Morgan fingerprint density at radius 1 is 1.23 bits per heavy atom. The van der Waals surface area contributed by atoms with Crippen LogP contribution in [0.5, 0.6) is 5.88 Å². The van der Waals surface area contributed by atoms with Gasteiger partial charge in [0.15, 0.2) is 5.88 Å². The van der Waals surface area contributed by atoms with E-state index in [1.54, 1.807) is 30.3 Å². The first-order valence-electron chi connectivity index (χ1n) is 6.80. The molecule has 2 N–H and O–H groups in total. The molecule has 1 aromatic heterocycles. The summed E-state index contributed by atoms with van der Waals surface area (Å²) in [6, 6.07) is 10.7. The van der Waals surface area contributed by atoms with Gasteiger partial charge in [-0.2, -0.15) is 0 Å². The van der Waals surface area contributed by atoms with Crippen LogP contribution in [0.2, 0.25) is 5.02 Å². The molecule has 0 saturated heterocycles. The molecule has 0 bridgehead atoms. The largest absolute Gasteiger partial charge is 0.494 e. The molecule has 0 aliphatic carbocycles. The number of aliphatic imine (C=N–C) groups is 1. The number of halogens is 1. The Bertz CT molecular complexity index is 986. The summed E-state index contributed by atoms with van der Waals surface area (Å²) >= 11 is 6.12. The van der Waals surface area contributed by atoms with E-state index in [9.17, 15) is 9.90 Å². The fourth-order valence-corrected chi connectivity index (χ4v) is 3.16. The standard InChI is InChI=1S/C17H11ClN2O2/c1-8-6-9(18)7-11-13(17(22)20-14(8)11)15-16(21)10-4-2-3-5-12(10)19-15/h2-7,20,22H,1H3. The molecule has 2 heterocycles. The number of carbonyl (C=O) groups is 1. The lowest BCUT2D eigenvalue weighted by molar-refractivity contribution is 0.107. The molecule has 0 fully saturated rings. The highest BCUT2D eigenvalue weighted by atomic mass is 35.5. The number of aromatic amines is 1. The topological polar surface area (TPSA) is 65.4 Å². The smallest absolute Gasteiger partial charge is 0.214 e. The molecule has 4 nitrogen and oxygen atoms in total. The fourth-order valence-electron chi connectivity index (χ4n) is 2.89. The molecule has 1 aliphatic rings. The lowest BCUT2D eigenvalue weighted by Gasteiger charge is -2.01. The van der Waals surface area contributed by atoms with Gasteiger partial charge in [-0.15, -0.1) is 0 Å². The van der Waals surface area contributed by atoms with Crippen molar-refractivity contribution < 1.29 is 9.90 Å². The first-order chi connectivity index (χ1) is 10.6. The molecule has 5 heteroatoms. The van der Waals surface area contributed by atoms with Gasteiger partial charge < -0.3 is 10.1 Å². The Labute approximate surface area is 131 Å². The van der Waals surface area contributed by atoms with E-state index in [0.29, 0.717) is 27.2 Å². The van der Waals surface area contributed by atoms with Crippen molar-refractivity contribution in [1.29, 1.82) is 0 Å². The monoisotopic (exact) mass is 310 g/mol. The Hall–Kier alpha value is -2.59. The predicted octanol–water partition coefficient (Wildman–Crippen LogP) is 4.15. The van der Waals surface area contributed by atoms with Crippen molar-refractivity contribution in [3.8, 4) is 5.88 Å². The molecule has 1 aliphatic heterocycles. The molecule has 0 radical (unpaired) electrons. The third kappa shape index (κ3) is 1.71. The minimum atomic E-state index is -0.190. The predicted molar refractivity (Wildman–Crippen MR) is 86.7 cm³/mol. The van der Waals surface area contributed by atoms with Gasteiger partial charge in [0.2, 0.25) is 5.78 Å². The Kier molecular flexibility index (Phi) is 2.65. The maximum absolute atomic E-state index is 12.6. The van der Waals surface area contributed by atoms with Gasteiger partial charge in [-0.05, 0) is 36.8 Å². The highest BCUT2D eigenvalue weighted by Crippen LogP contribution is 2.37. The normalized spacial score (nSPS) is 13.5. The summed E-state index contributed by atoms with van der Waals surface area (Å²) in [5.74, 6) is -0.260. The van der Waals surface area contributed by atoms with E-state index in [2.05, 4.69) is 9.98 Å². The van der Waals surface area contributed by atoms with Crippen molar-refractivity contribution in [3.63, 3.8) is 0 Å². The van der Waals surface area contributed by atoms with E-state index < -0.39 is 0 Å². The first-order valence-corrected chi connectivity index (χ1v) is 7.17. The number of ketones is 1. The number of Topliss-reactive ketones (excluding diaryl/α,β-unsaturated/α-hetero) is 1. The van der Waals surface area contributed by atoms with Gasteiger partial charge in [0, 0.05) is 16.0 Å². The molecular formula is C17H11ClN2O2. The zero-order valence-corrected chi connectivity index (χ0v) is 12.4. The minimum Gasteiger partial charge on any atom is -0.494 e. The number of hydrogen-bond donors (Lipinski definition) is 2. The summed E-state index contributed by atoms with van der Waals surface area (Å²) in [5.41, 5.74) is 3.46. The van der Waals surface area contributed by atoms with E-state index in [0.717, 1.165) is 11.1 Å². The average Bonchev–Trinajstić information content (AvgIpc) is 2.97. The number of fused-ring (bicyclic) bond motifs is 2. The second kappa shape index (κ2) is 4.45. The lowest BCUT2D eigenvalue weighted by Crippen LogP contribution is -2.10. The minimum absolute atomic E-state index is 0.0692. The molecule has 0 atom stereocenters. The lowest BCUT2D eigenvalue weighted by atomic mass is 10.0. The van der Waals surface area contributed by atoms with Crippen LogP contribution in [-0.4, -0.2) is 21.6 Å². The SMILES string of the molecule is Cc1cc(Cl)cc2c(C3=Nc4ccccc4C3=O)c(O)[nH]c12. The number of benzene rings is 2. The number of hydrogen-bond acceptors (Lipinski definition) is 3. The molecule has 22 heavy (non-hydrogen) atoms. The number of nitrogens with one attached hydrogen (secondary N) is 1. The molecule has 0 spiro atoms. The third-order valence-corrected chi connectivity index (χ3v) is 4.10. The number of para-hydroxylation sites is 1. The van der Waals surface area contributed by atoms with E-state index >= 15 is 0 Å². The van der Waals surface area contributed by atoms with Crippen LogP contribution in [0, 0.1) is 6.92 Å². The Balaban J connectivity index is 2.01. The molecule has 0 saturated carbocycles. The number of aryl methyl sites for hydroxylation is 1. The van der Waals surface area contributed by atoms with Crippen LogP contribution in [-0.2, 0) is 0 Å². The zero-order valence-electron chi connectivity index (χ0n) is 11.6. The summed E-state index contributed by atoms with van der Waals surface area (Å²) < 4.78 is 0. The fraction of sp³-hybridized carbons (Fsp3) is 0.0588. The third-order valence-electron chi connectivity index (χ3n) is 3.88. The number of H-pyrrole nitrogens is 1. The zero-order chi connectivity index (χ0) is 15.4. The average molecular weight is 311 g/mol. The van der Waals surface area contributed by atoms with Crippen molar-refractivity contribution in [1.82, 2.24) is 4.98 Å². The molecule has 0 unspecified atom stereocenters. The van der Waals surface area contributed by atoms with Crippen molar-refractivity contribution in [2.45, 2.75) is 6.92 Å². The quantitative estimate of drug-likeness (QED) is 0.709. The number of aromatic nitrogens is 1. The second-order valence-electron chi connectivity index (χ2n) is 5.30. The van der Waals surface area contributed by atoms with Crippen LogP contribution < -0.4 is 0 Å². The summed E-state index contributed by atoms with van der Waals surface area (Å²) in [6.07, 6.45) is 0. The summed E-state index contributed by atoms with van der Waals surface area (Å²) in [5, 5.41) is 11.5. The second-order valence-corrected chi connectivity index (χ2v) is 5.74. The van der Waals surface area contributed by atoms with Gasteiger partial charge in [0.25, 0.3) is 0 Å². The number of rotatable bonds is 1. The first kappa shape index (κ1) is 13.1. The summed E-state index contributed by atoms with van der Waals surface area (Å²) in [6.45, 7) is 1.89. The molecule has 4 rings (SSSR count). The highest BCUT2D eigenvalue weighted by molar-refractivity contribution is 6.56. The Morgan fingerprint density at radius 3 is 2.77 bits per heavy atom. The van der Waals surface area contributed by atoms with Crippen LogP contribution in [0.25, 0.3) is 10.9 Å². The van der Waals surface area contributed by atoms with Gasteiger partial charge in [0.05, 0.1) is 16.8 Å². The van der Waals surface area contributed by atoms with E-state index in [-0.39, 0.29) is 17.4 Å². The molecular weight excluding hydrogens is 300 g/mol. The van der Waals surface area contributed by atoms with Gasteiger partial charge >= 0.3 is 0 Å². The van der Waals surface area contributed by atoms with Gasteiger partial charge in [-0.1, -0.05) is 23.7 Å². The van der Waals surface area contributed by atoms with E-state index in [1.807, 2.05) is 13.0 Å². The van der Waals surface area contributed by atoms with E-state index in [4.69, 9.17) is 11.6 Å². The van der Waals surface area contributed by atoms with Crippen molar-refractivity contribution >= 4 is 39.7 Å². The van der Waals surface area contributed by atoms with Crippen LogP contribution in [0.1, 0.15) is 21.5 Å². The molecule has 2 aromatic carbocycles. The summed E-state index contributed by atoms with van der Waals surface area (Å²) in [7, 11) is 0. The molecule has 108 valence electrons. The van der Waals surface area contributed by atoms with Crippen LogP contribution in [0.3, 0.4) is 0 Å². The maximum atomic E-state index is 12.6. The van der Waals surface area contributed by atoms with Gasteiger partial charge in [-0.3, -0.25) is 4.79 Å². The number of nitrogens with zero attached hydrogens (tertiary/aromatic N) is 1. The van der Waals surface area contributed by atoms with Crippen molar-refractivity contribution in [2.24, 2.45) is 4.99 Å². The molecule has 0 amide bonds. The maximum Gasteiger partial charge on any atom is 0.214 e. The van der Waals surface area contributed by atoms with E-state index in [1.165, 1.54) is 0 Å². The van der Waals surface area contributed by atoms with Crippen LogP contribution >= 0.6 is 11.6 Å². The summed E-state index contributed by atoms with van der Waals surface area (Å²) in [4.78, 5) is 19.9. The van der Waals surface area contributed by atoms with Gasteiger partial charge in [0.1, 0.15) is 5.71 Å². The van der Waals surface area contributed by atoms with Crippen molar-refractivity contribution in [3.05, 3.63) is 58.1 Å². The van der Waals surface area contributed by atoms with Crippen LogP contribution in [0.15, 0.2) is 41.4 Å². The van der Waals surface area contributed by atoms with Crippen molar-refractivity contribution in [2.75, 3.05) is 0 Å². The Morgan fingerprint density at radius 2 is 2.00 bits per heavy atom. The number of aromatic hydroxyl groups is 1. The van der Waals surface area contributed by atoms with Crippen LogP contribution in [0.4, 0.5) is 5.69 Å². The highest BCUT2D eigenvalue weighted by Gasteiger charge is 2.30.